The van der Waals surface area contributed by atoms with Gasteiger partial charge in [-0.25, -0.2) is 4.79 Å². The number of benzene rings is 2. The summed E-state index contributed by atoms with van der Waals surface area (Å²) in [6.07, 6.45) is 4.48. The summed E-state index contributed by atoms with van der Waals surface area (Å²) in [7, 11) is 0. The molecule has 35 heavy (non-hydrogen) atoms. The molecule has 0 radical (unpaired) electrons. The molecule has 1 aliphatic heterocycles. The molecule has 0 aromatic heterocycles. The maximum absolute atomic E-state index is 12.5. The van der Waals surface area contributed by atoms with Gasteiger partial charge >= 0.3 is 5.97 Å². The SMILES string of the molecule is C[C@@H](c1cc(Cl)cc(Cl)c1)N1CCC(COc2ccc(C(=O)OC(C)(C)C)cc2C2CC2)CC1.S. The van der Waals surface area contributed by atoms with Crippen molar-refractivity contribution in [1.29, 1.82) is 0 Å². The van der Waals surface area contributed by atoms with Crippen LogP contribution in [0.25, 0.3) is 0 Å². The first-order chi connectivity index (χ1) is 16.1. The summed E-state index contributed by atoms with van der Waals surface area (Å²) in [4.78, 5) is 15.0. The van der Waals surface area contributed by atoms with Gasteiger partial charge in [0, 0.05) is 16.1 Å². The molecule has 1 heterocycles. The van der Waals surface area contributed by atoms with E-state index in [4.69, 9.17) is 32.7 Å². The summed E-state index contributed by atoms with van der Waals surface area (Å²) in [6.45, 7) is 10.6. The van der Waals surface area contributed by atoms with Crippen molar-refractivity contribution in [3.63, 3.8) is 0 Å². The maximum atomic E-state index is 12.5. The van der Waals surface area contributed by atoms with E-state index in [1.807, 2.05) is 51.1 Å². The number of halogens is 2. The van der Waals surface area contributed by atoms with Crippen molar-refractivity contribution in [2.24, 2.45) is 5.92 Å². The Bertz CT molecular complexity index is 1010. The number of hydrogen-bond donors (Lipinski definition) is 0. The van der Waals surface area contributed by atoms with Crippen LogP contribution in [0.3, 0.4) is 0 Å². The zero-order valence-electron chi connectivity index (χ0n) is 21.1. The number of ether oxygens (including phenoxy) is 2. The molecule has 2 fully saturated rings. The lowest BCUT2D eigenvalue weighted by Crippen LogP contribution is -2.37. The van der Waals surface area contributed by atoms with Crippen LogP contribution in [0.5, 0.6) is 5.75 Å². The molecule has 0 amide bonds. The van der Waals surface area contributed by atoms with Crippen molar-refractivity contribution >= 4 is 42.7 Å². The molecule has 2 aromatic carbocycles. The smallest absolute Gasteiger partial charge is 0.338 e. The van der Waals surface area contributed by atoms with Gasteiger partial charge in [-0.05, 0) is 126 Å². The molecule has 192 valence electrons. The first-order valence-corrected chi connectivity index (χ1v) is 13.0. The molecule has 0 N–H and O–H groups in total. The third-order valence-electron chi connectivity index (χ3n) is 6.70. The number of esters is 1. The number of rotatable bonds is 7. The van der Waals surface area contributed by atoms with E-state index in [1.165, 1.54) is 0 Å². The van der Waals surface area contributed by atoms with Gasteiger partial charge in [-0.1, -0.05) is 23.2 Å². The molecule has 0 unspecified atom stereocenters. The molecule has 0 spiro atoms. The molecule has 2 aliphatic rings. The Morgan fingerprint density at radius 3 is 2.23 bits per heavy atom. The number of carbonyl (C=O) groups is 1. The highest BCUT2D eigenvalue weighted by molar-refractivity contribution is 7.59. The third kappa shape index (κ3) is 7.79. The Morgan fingerprint density at radius 1 is 1.03 bits per heavy atom. The topological polar surface area (TPSA) is 38.8 Å². The Hall–Kier alpha value is -1.40. The molecule has 1 aliphatic carbocycles. The van der Waals surface area contributed by atoms with Gasteiger partial charge in [-0.2, -0.15) is 13.5 Å². The molecular formula is C28H37Cl2NO3S. The molecule has 4 rings (SSSR count). The second-order valence-corrected chi connectivity index (χ2v) is 11.6. The van der Waals surface area contributed by atoms with E-state index in [0.29, 0.717) is 34.1 Å². The van der Waals surface area contributed by atoms with Gasteiger partial charge in [0.15, 0.2) is 0 Å². The fourth-order valence-electron chi connectivity index (χ4n) is 4.60. The molecule has 0 bridgehead atoms. The number of nitrogens with zero attached hydrogens (tertiary/aromatic N) is 1. The summed E-state index contributed by atoms with van der Waals surface area (Å²) in [6, 6.07) is 11.8. The average molecular weight is 539 g/mol. The highest BCUT2D eigenvalue weighted by Gasteiger charge is 2.30. The number of piperidine rings is 1. The van der Waals surface area contributed by atoms with E-state index >= 15 is 0 Å². The van der Waals surface area contributed by atoms with Crippen LogP contribution in [-0.2, 0) is 4.74 Å². The van der Waals surface area contributed by atoms with E-state index in [-0.39, 0.29) is 25.5 Å². The van der Waals surface area contributed by atoms with Crippen LogP contribution in [0.1, 0.15) is 86.8 Å². The van der Waals surface area contributed by atoms with Gasteiger partial charge in [0.1, 0.15) is 11.4 Å². The summed E-state index contributed by atoms with van der Waals surface area (Å²) < 4.78 is 11.9. The van der Waals surface area contributed by atoms with E-state index in [1.54, 1.807) is 6.07 Å². The van der Waals surface area contributed by atoms with Gasteiger partial charge in [0.05, 0.1) is 12.2 Å². The summed E-state index contributed by atoms with van der Waals surface area (Å²) >= 11 is 12.4. The fraction of sp³-hybridized carbons (Fsp3) is 0.536. The van der Waals surface area contributed by atoms with Gasteiger partial charge < -0.3 is 9.47 Å². The fourth-order valence-corrected chi connectivity index (χ4v) is 5.14. The quantitative estimate of drug-likeness (QED) is 0.337. The number of carbonyl (C=O) groups excluding carboxylic acids is 1. The zero-order valence-corrected chi connectivity index (χ0v) is 23.6. The summed E-state index contributed by atoms with van der Waals surface area (Å²) in [5.41, 5.74) is 2.41. The molecular weight excluding hydrogens is 501 g/mol. The van der Waals surface area contributed by atoms with Crippen LogP contribution in [-0.4, -0.2) is 36.2 Å². The summed E-state index contributed by atoms with van der Waals surface area (Å²) in [5.74, 6) is 1.65. The molecule has 7 heteroatoms. The second-order valence-electron chi connectivity index (χ2n) is 10.7. The molecule has 1 saturated heterocycles. The van der Waals surface area contributed by atoms with Crippen molar-refractivity contribution in [1.82, 2.24) is 4.90 Å². The molecule has 4 nitrogen and oxygen atoms in total. The van der Waals surface area contributed by atoms with Crippen LogP contribution < -0.4 is 4.74 Å². The van der Waals surface area contributed by atoms with Crippen LogP contribution in [0.4, 0.5) is 0 Å². The predicted octanol–water partition coefficient (Wildman–Crippen LogP) is 7.79. The minimum absolute atomic E-state index is 0. The van der Waals surface area contributed by atoms with Crippen LogP contribution in [0.2, 0.25) is 10.0 Å². The first kappa shape index (κ1) is 28.2. The van der Waals surface area contributed by atoms with E-state index < -0.39 is 5.60 Å². The van der Waals surface area contributed by atoms with Crippen molar-refractivity contribution in [3.8, 4) is 5.75 Å². The first-order valence-electron chi connectivity index (χ1n) is 12.3. The molecule has 2 aromatic rings. The Kier molecular flexibility index (Phi) is 9.47. The van der Waals surface area contributed by atoms with Crippen molar-refractivity contribution < 1.29 is 14.3 Å². The van der Waals surface area contributed by atoms with Gasteiger partial charge in [-0.15, -0.1) is 0 Å². The number of hydrogen-bond acceptors (Lipinski definition) is 4. The predicted molar refractivity (Wildman–Crippen MR) is 149 cm³/mol. The largest absolute Gasteiger partial charge is 0.493 e. The lowest BCUT2D eigenvalue weighted by atomic mass is 9.95. The number of likely N-dealkylation sites (tertiary alicyclic amines) is 1. The maximum Gasteiger partial charge on any atom is 0.338 e. The van der Waals surface area contributed by atoms with Gasteiger partial charge in [0.25, 0.3) is 0 Å². The summed E-state index contributed by atoms with van der Waals surface area (Å²) in [5, 5.41) is 1.36. The molecule has 1 atom stereocenters. The van der Waals surface area contributed by atoms with Gasteiger partial charge in [0.2, 0.25) is 0 Å². The monoisotopic (exact) mass is 537 g/mol. The minimum Gasteiger partial charge on any atom is -0.493 e. The lowest BCUT2D eigenvalue weighted by molar-refractivity contribution is 0.00693. The Labute approximate surface area is 226 Å². The standard InChI is InChI=1S/C28H35Cl2NO3.H2S/c1-18(22-13-23(29)16-24(30)14-22)31-11-9-19(10-12-31)17-33-26-8-7-21(15-25(26)20-5-6-20)27(32)34-28(2,3)4;/h7-8,13-16,18-20H,5-6,9-12,17H2,1-4H3;1H2/t18-;/m0./s1. The normalized spacial score (nSPS) is 18.0. The Morgan fingerprint density at radius 2 is 1.66 bits per heavy atom. The second kappa shape index (κ2) is 11.8. The van der Waals surface area contributed by atoms with Gasteiger partial charge in [-0.3, -0.25) is 4.90 Å². The Balaban J connectivity index is 0.00000342. The van der Waals surface area contributed by atoms with Crippen molar-refractivity contribution in [2.75, 3.05) is 19.7 Å². The van der Waals surface area contributed by atoms with Crippen LogP contribution in [0, 0.1) is 5.92 Å². The van der Waals surface area contributed by atoms with E-state index in [2.05, 4.69) is 11.8 Å². The third-order valence-corrected chi connectivity index (χ3v) is 7.14. The van der Waals surface area contributed by atoms with Crippen LogP contribution in [0.15, 0.2) is 36.4 Å². The lowest BCUT2D eigenvalue weighted by Gasteiger charge is -2.36. The highest BCUT2D eigenvalue weighted by Crippen LogP contribution is 2.45. The average Bonchev–Trinajstić information content (AvgIpc) is 3.61. The van der Waals surface area contributed by atoms with Crippen LogP contribution >= 0.6 is 36.7 Å². The van der Waals surface area contributed by atoms with E-state index in [9.17, 15) is 4.79 Å². The van der Waals surface area contributed by atoms with E-state index in [0.717, 1.165) is 55.6 Å². The highest BCUT2D eigenvalue weighted by atomic mass is 35.5. The van der Waals surface area contributed by atoms with Crippen molar-refractivity contribution in [3.05, 3.63) is 63.1 Å². The van der Waals surface area contributed by atoms with Crippen molar-refractivity contribution in [2.45, 2.75) is 70.9 Å². The zero-order chi connectivity index (χ0) is 24.5. The minimum atomic E-state index is -0.503. The molecule has 1 saturated carbocycles.